The molecule has 0 saturated carbocycles. The van der Waals surface area contributed by atoms with Crippen molar-refractivity contribution in [2.45, 2.75) is 19.4 Å². The van der Waals surface area contributed by atoms with Gasteiger partial charge in [-0.3, -0.25) is 0 Å². The lowest BCUT2D eigenvalue weighted by molar-refractivity contribution is 0.263. The number of ether oxygens (including phenoxy) is 2. The molecule has 1 aliphatic heterocycles. The summed E-state index contributed by atoms with van der Waals surface area (Å²) in [5.41, 5.74) is 0. The van der Waals surface area contributed by atoms with Crippen LogP contribution in [0.2, 0.25) is 0 Å². The molecule has 0 bridgehead atoms. The lowest BCUT2D eigenvalue weighted by atomic mass is 10.3. The third-order valence-corrected chi connectivity index (χ3v) is 1.87. The van der Waals surface area contributed by atoms with E-state index >= 15 is 0 Å². The Kier molecular flexibility index (Phi) is 5.56. The first-order valence-electron chi connectivity index (χ1n) is 5.27. The Balaban J connectivity index is 0.000000245. The van der Waals surface area contributed by atoms with Crippen molar-refractivity contribution in [1.29, 1.82) is 0 Å². The largest absolute Gasteiger partial charge is 0.491 e. The lowest BCUT2D eigenvalue weighted by Gasteiger charge is -2.01. The second kappa shape index (κ2) is 7.07. The summed E-state index contributed by atoms with van der Waals surface area (Å²) < 4.78 is 10.4. The van der Waals surface area contributed by atoms with Gasteiger partial charge < -0.3 is 9.47 Å². The number of hydrogen-bond donors (Lipinski definition) is 0. The third kappa shape index (κ3) is 5.92. The summed E-state index contributed by atoms with van der Waals surface area (Å²) in [6, 6.07) is 9.79. The van der Waals surface area contributed by atoms with Crippen molar-refractivity contribution in [3.63, 3.8) is 0 Å². The Morgan fingerprint density at radius 1 is 1.47 bits per heavy atom. The van der Waals surface area contributed by atoms with Crippen LogP contribution in [0.25, 0.3) is 0 Å². The van der Waals surface area contributed by atoms with E-state index in [-0.39, 0.29) is 0 Å². The Labute approximate surface area is 91.5 Å². The molecule has 15 heavy (non-hydrogen) atoms. The van der Waals surface area contributed by atoms with Crippen molar-refractivity contribution in [3.05, 3.63) is 43.0 Å². The molecule has 0 radical (unpaired) electrons. The summed E-state index contributed by atoms with van der Waals surface area (Å²) in [5.74, 6) is 0.919. The summed E-state index contributed by atoms with van der Waals surface area (Å²) in [4.78, 5) is 0. The highest BCUT2D eigenvalue weighted by Gasteiger charge is 2.22. The van der Waals surface area contributed by atoms with Gasteiger partial charge in [0.25, 0.3) is 0 Å². The van der Waals surface area contributed by atoms with E-state index in [2.05, 4.69) is 13.5 Å². The minimum atomic E-state index is 0.343. The van der Waals surface area contributed by atoms with Gasteiger partial charge in [0.2, 0.25) is 0 Å². The van der Waals surface area contributed by atoms with Gasteiger partial charge in [0.05, 0.1) is 6.61 Å². The van der Waals surface area contributed by atoms with E-state index in [0.717, 1.165) is 18.8 Å². The molecule has 0 spiro atoms. The first-order valence-corrected chi connectivity index (χ1v) is 5.27. The number of epoxide rings is 1. The van der Waals surface area contributed by atoms with Crippen LogP contribution in [0.5, 0.6) is 5.75 Å². The highest BCUT2D eigenvalue weighted by molar-refractivity contribution is 5.20. The Morgan fingerprint density at radius 2 is 2.07 bits per heavy atom. The van der Waals surface area contributed by atoms with E-state index in [0.29, 0.717) is 12.7 Å². The van der Waals surface area contributed by atoms with Crippen molar-refractivity contribution in [2.24, 2.45) is 0 Å². The van der Waals surface area contributed by atoms with Crippen LogP contribution in [0.4, 0.5) is 0 Å². The summed E-state index contributed by atoms with van der Waals surface area (Å²) >= 11 is 0. The maximum absolute atomic E-state index is 5.40. The number of allylic oxidation sites excluding steroid dienone is 1. The van der Waals surface area contributed by atoms with Crippen LogP contribution in [0, 0.1) is 0 Å². The monoisotopic (exact) mass is 206 g/mol. The smallest absolute Gasteiger partial charge is 0.119 e. The average Bonchev–Trinajstić information content (AvgIpc) is 3.12. The molecule has 1 fully saturated rings. The maximum atomic E-state index is 5.40. The van der Waals surface area contributed by atoms with Crippen molar-refractivity contribution >= 4 is 0 Å². The molecule has 2 rings (SSSR count). The standard InChI is InChI=1S/C9H10O2.C4H8/c1-2-4-8(5-3-1)10-6-9-7-11-9;1-3-4-2/h1-5,9H,6-7H2;3H,1,4H2,2H3. The topological polar surface area (TPSA) is 21.8 Å². The number of rotatable bonds is 4. The second-order valence-corrected chi connectivity index (χ2v) is 3.28. The summed E-state index contributed by atoms with van der Waals surface area (Å²) in [6.07, 6.45) is 3.30. The van der Waals surface area contributed by atoms with Crippen LogP contribution < -0.4 is 4.74 Å². The molecule has 1 aliphatic rings. The molecule has 1 heterocycles. The molecule has 0 aromatic heterocycles. The summed E-state index contributed by atoms with van der Waals surface area (Å²) in [5, 5.41) is 0. The zero-order valence-electron chi connectivity index (χ0n) is 9.19. The van der Waals surface area contributed by atoms with Gasteiger partial charge >= 0.3 is 0 Å². The molecule has 2 nitrogen and oxygen atoms in total. The van der Waals surface area contributed by atoms with Gasteiger partial charge in [-0.05, 0) is 18.6 Å². The number of para-hydroxylation sites is 1. The molecule has 1 saturated heterocycles. The predicted molar refractivity (Wildman–Crippen MR) is 62.2 cm³/mol. The van der Waals surface area contributed by atoms with Gasteiger partial charge in [0.15, 0.2) is 0 Å². The SMILES string of the molecule is C=CCC.c1ccc(OCC2CO2)cc1. The van der Waals surface area contributed by atoms with Gasteiger partial charge in [-0.15, -0.1) is 6.58 Å². The van der Waals surface area contributed by atoms with Crippen molar-refractivity contribution < 1.29 is 9.47 Å². The molecule has 1 aromatic rings. The molecule has 0 amide bonds. The van der Waals surface area contributed by atoms with Crippen LogP contribution >= 0.6 is 0 Å². The molecule has 1 aromatic carbocycles. The first kappa shape index (κ1) is 11.8. The van der Waals surface area contributed by atoms with E-state index in [4.69, 9.17) is 9.47 Å². The molecule has 82 valence electrons. The van der Waals surface area contributed by atoms with Crippen molar-refractivity contribution in [2.75, 3.05) is 13.2 Å². The van der Waals surface area contributed by atoms with Crippen LogP contribution in [0.15, 0.2) is 43.0 Å². The zero-order chi connectivity index (χ0) is 10.9. The van der Waals surface area contributed by atoms with Gasteiger partial charge in [-0.1, -0.05) is 31.2 Å². The average molecular weight is 206 g/mol. The van der Waals surface area contributed by atoms with Crippen molar-refractivity contribution in [1.82, 2.24) is 0 Å². The normalized spacial score (nSPS) is 17.3. The maximum Gasteiger partial charge on any atom is 0.119 e. The van der Waals surface area contributed by atoms with Gasteiger partial charge in [-0.25, -0.2) is 0 Å². The van der Waals surface area contributed by atoms with Gasteiger partial charge in [0, 0.05) is 0 Å². The van der Waals surface area contributed by atoms with Gasteiger partial charge in [0.1, 0.15) is 18.5 Å². The highest BCUT2D eigenvalue weighted by Crippen LogP contribution is 2.13. The van der Waals surface area contributed by atoms with Crippen molar-refractivity contribution in [3.8, 4) is 5.75 Å². The zero-order valence-corrected chi connectivity index (χ0v) is 9.19. The second-order valence-electron chi connectivity index (χ2n) is 3.28. The molecule has 2 heteroatoms. The van der Waals surface area contributed by atoms with Crippen LogP contribution in [0.1, 0.15) is 13.3 Å². The predicted octanol–water partition coefficient (Wildman–Crippen LogP) is 3.05. The Morgan fingerprint density at radius 3 is 2.53 bits per heavy atom. The Hall–Kier alpha value is -1.28. The van der Waals surface area contributed by atoms with Gasteiger partial charge in [-0.2, -0.15) is 0 Å². The van der Waals surface area contributed by atoms with Crippen LogP contribution in [0.3, 0.4) is 0 Å². The van der Waals surface area contributed by atoms with E-state index in [1.165, 1.54) is 0 Å². The molecule has 1 unspecified atom stereocenters. The minimum Gasteiger partial charge on any atom is -0.491 e. The molecule has 0 aliphatic carbocycles. The van der Waals surface area contributed by atoms with E-state index < -0.39 is 0 Å². The fourth-order valence-electron chi connectivity index (χ4n) is 0.870. The molecular formula is C13H18O2. The summed E-state index contributed by atoms with van der Waals surface area (Å²) in [7, 11) is 0. The van der Waals surface area contributed by atoms with E-state index in [1.54, 1.807) is 0 Å². The molecule has 0 N–H and O–H groups in total. The molecule has 1 atom stereocenters. The quantitative estimate of drug-likeness (QED) is 0.558. The number of hydrogen-bond acceptors (Lipinski definition) is 2. The Bertz CT molecular complexity index is 265. The number of benzene rings is 1. The van der Waals surface area contributed by atoms with E-state index in [1.807, 2.05) is 36.4 Å². The lowest BCUT2D eigenvalue weighted by Crippen LogP contribution is -2.03. The summed E-state index contributed by atoms with van der Waals surface area (Å²) in [6.45, 7) is 7.08. The minimum absolute atomic E-state index is 0.343. The van der Waals surface area contributed by atoms with Crippen LogP contribution in [-0.2, 0) is 4.74 Å². The highest BCUT2D eigenvalue weighted by atomic mass is 16.6. The third-order valence-electron chi connectivity index (χ3n) is 1.87. The fraction of sp³-hybridized carbons (Fsp3) is 0.385. The molecular weight excluding hydrogens is 188 g/mol. The first-order chi connectivity index (χ1) is 7.36. The van der Waals surface area contributed by atoms with E-state index in [9.17, 15) is 0 Å². The fourth-order valence-corrected chi connectivity index (χ4v) is 0.870. The van der Waals surface area contributed by atoms with Crippen LogP contribution in [-0.4, -0.2) is 19.3 Å².